The molecule has 0 bridgehead atoms. The maximum absolute atomic E-state index is 13.2. The second-order valence-electron chi connectivity index (χ2n) is 8.86. The first-order chi connectivity index (χ1) is 14.4. The molecule has 3 heterocycles. The second kappa shape index (κ2) is 9.20. The third-order valence-electron chi connectivity index (χ3n) is 6.64. The van der Waals surface area contributed by atoms with E-state index in [9.17, 15) is 8.42 Å². The molecule has 30 heavy (non-hydrogen) atoms. The lowest BCUT2D eigenvalue weighted by Gasteiger charge is -2.32. The largest absolute Gasteiger partial charge is 0.284 e. The van der Waals surface area contributed by atoms with Crippen LogP contribution in [0, 0.1) is 19.8 Å². The molecule has 0 unspecified atom stereocenters. The maximum atomic E-state index is 13.2. The van der Waals surface area contributed by atoms with Crippen LogP contribution in [0.2, 0.25) is 0 Å². The fourth-order valence-electron chi connectivity index (χ4n) is 4.89. The number of benzene rings is 1. The van der Waals surface area contributed by atoms with Crippen LogP contribution in [0.4, 0.5) is 0 Å². The van der Waals surface area contributed by atoms with Crippen molar-refractivity contribution in [2.75, 3.05) is 26.2 Å². The molecule has 0 atom stereocenters. The number of piperidine rings is 2. The van der Waals surface area contributed by atoms with Gasteiger partial charge < -0.3 is 0 Å². The Labute approximate surface area is 180 Å². The fourth-order valence-corrected chi connectivity index (χ4v) is 6.78. The van der Waals surface area contributed by atoms with Crippen molar-refractivity contribution in [2.45, 2.75) is 63.9 Å². The Morgan fingerprint density at radius 2 is 1.63 bits per heavy atom. The van der Waals surface area contributed by atoms with E-state index in [1.165, 1.54) is 18.4 Å². The number of rotatable bonds is 6. The van der Waals surface area contributed by atoms with Crippen LogP contribution < -0.4 is 0 Å². The average molecular weight is 431 g/mol. The van der Waals surface area contributed by atoms with Crippen LogP contribution in [0.15, 0.2) is 35.2 Å². The maximum Gasteiger partial charge on any atom is 0.246 e. The monoisotopic (exact) mass is 430 g/mol. The predicted molar refractivity (Wildman–Crippen MR) is 119 cm³/mol. The lowest BCUT2D eigenvalue weighted by molar-refractivity contribution is 0.139. The molecule has 0 saturated carbocycles. The predicted octanol–water partition coefficient (Wildman–Crippen LogP) is 3.59. The summed E-state index contributed by atoms with van der Waals surface area (Å²) in [6, 6.07) is 10.7. The van der Waals surface area contributed by atoms with Gasteiger partial charge in [0.25, 0.3) is 0 Å². The van der Waals surface area contributed by atoms with Crippen molar-refractivity contribution in [1.82, 2.24) is 19.0 Å². The summed E-state index contributed by atoms with van der Waals surface area (Å²) >= 11 is 0. The molecule has 0 aliphatic carbocycles. The summed E-state index contributed by atoms with van der Waals surface area (Å²) in [5, 5.41) is 4.62. The van der Waals surface area contributed by atoms with E-state index in [2.05, 4.69) is 40.3 Å². The summed E-state index contributed by atoms with van der Waals surface area (Å²) in [5.74, 6) is 0.721. The first-order valence-electron chi connectivity index (χ1n) is 11.3. The highest BCUT2D eigenvalue weighted by Crippen LogP contribution is 2.27. The summed E-state index contributed by atoms with van der Waals surface area (Å²) in [6.07, 6.45) is 6.50. The van der Waals surface area contributed by atoms with Crippen molar-refractivity contribution in [1.29, 1.82) is 0 Å². The van der Waals surface area contributed by atoms with Crippen LogP contribution in [0.25, 0.3) is 0 Å². The van der Waals surface area contributed by atoms with E-state index in [0.717, 1.165) is 50.4 Å². The molecule has 2 saturated heterocycles. The summed E-state index contributed by atoms with van der Waals surface area (Å²) in [6.45, 7) is 7.71. The van der Waals surface area contributed by atoms with Gasteiger partial charge in [-0.2, -0.15) is 9.40 Å². The number of hydrogen-bond acceptors (Lipinski definition) is 4. The van der Waals surface area contributed by atoms with Gasteiger partial charge in [0.15, 0.2) is 0 Å². The van der Waals surface area contributed by atoms with Crippen LogP contribution in [-0.4, -0.2) is 53.6 Å². The molecule has 164 valence electrons. The standard InChI is InChI=1S/C23H34N4O2S/c1-19-23(30(28,29)26-13-7-4-8-14-26)20(2)27(24-19)18-25-15-11-22(12-16-25)17-21-9-5-3-6-10-21/h3,5-6,9-10,22H,4,7-8,11-18H2,1-2H3. The van der Waals surface area contributed by atoms with Crippen molar-refractivity contribution < 1.29 is 8.42 Å². The molecular formula is C23H34N4O2S. The molecule has 2 aliphatic rings. The van der Waals surface area contributed by atoms with Crippen molar-refractivity contribution in [3.05, 3.63) is 47.3 Å². The van der Waals surface area contributed by atoms with Crippen LogP contribution in [0.1, 0.15) is 49.1 Å². The normalized spacial score (nSPS) is 19.9. The zero-order valence-electron chi connectivity index (χ0n) is 18.3. The smallest absolute Gasteiger partial charge is 0.246 e. The topological polar surface area (TPSA) is 58.4 Å². The molecule has 0 N–H and O–H groups in total. The number of likely N-dealkylation sites (tertiary alicyclic amines) is 1. The van der Waals surface area contributed by atoms with Gasteiger partial charge in [0.1, 0.15) is 4.90 Å². The van der Waals surface area contributed by atoms with Crippen LogP contribution >= 0.6 is 0 Å². The van der Waals surface area contributed by atoms with Crippen LogP contribution in [0.5, 0.6) is 0 Å². The van der Waals surface area contributed by atoms with Gasteiger partial charge in [-0.15, -0.1) is 0 Å². The van der Waals surface area contributed by atoms with Crippen molar-refractivity contribution in [3.8, 4) is 0 Å². The number of aryl methyl sites for hydroxylation is 1. The minimum Gasteiger partial charge on any atom is -0.284 e. The third-order valence-corrected chi connectivity index (χ3v) is 8.79. The Bertz CT molecular complexity index is 941. The number of sulfonamides is 1. The van der Waals surface area contributed by atoms with E-state index in [0.29, 0.717) is 30.3 Å². The van der Waals surface area contributed by atoms with Crippen LogP contribution in [0.3, 0.4) is 0 Å². The SMILES string of the molecule is Cc1nn(CN2CCC(Cc3ccccc3)CC2)c(C)c1S(=O)(=O)N1CCCCC1. The Morgan fingerprint density at radius 1 is 0.967 bits per heavy atom. The molecule has 6 nitrogen and oxygen atoms in total. The summed E-state index contributed by atoms with van der Waals surface area (Å²) in [5.41, 5.74) is 2.81. The Hall–Kier alpha value is -1.70. The van der Waals surface area contributed by atoms with E-state index in [4.69, 9.17) is 0 Å². The Balaban J connectivity index is 1.39. The quantitative estimate of drug-likeness (QED) is 0.703. The van der Waals surface area contributed by atoms with Gasteiger partial charge in [-0.1, -0.05) is 36.8 Å². The first kappa shape index (κ1) is 21.5. The zero-order chi connectivity index (χ0) is 21.1. The summed E-state index contributed by atoms with van der Waals surface area (Å²) in [4.78, 5) is 2.82. The van der Waals surface area contributed by atoms with Gasteiger partial charge in [0.05, 0.1) is 18.1 Å². The number of nitrogens with zero attached hydrogens (tertiary/aromatic N) is 4. The summed E-state index contributed by atoms with van der Waals surface area (Å²) < 4.78 is 30.0. The van der Waals surface area contributed by atoms with E-state index in [1.54, 1.807) is 4.31 Å². The van der Waals surface area contributed by atoms with Gasteiger partial charge in [0, 0.05) is 26.2 Å². The molecule has 0 spiro atoms. The average Bonchev–Trinajstić information content (AvgIpc) is 3.04. The molecule has 0 amide bonds. The van der Waals surface area contributed by atoms with Gasteiger partial charge in [0.2, 0.25) is 10.0 Å². The molecule has 2 aromatic rings. The summed E-state index contributed by atoms with van der Waals surface area (Å²) in [7, 11) is -3.46. The highest BCUT2D eigenvalue weighted by molar-refractivity contribution is 7.89. The highest BCUT2D eigenvalue weighted by atomic mass is 32.2. The zero-order valence-corrected chi connectivity index (χ0v) is 19.1. The minimum absolute atomic E-state index is 0.420. The molecule has 7 heteroatoms. The molecule has 2 fully saturated rings. The van der Waals surface area contributed by atoms with Crippen LogP contribution in [-0.2, 0) is 23.1 Å². The lowest BCUT2D eigenvalue weighted by atomic mass is 9.90. The second-order valence-corrected chi connectivity index (χ2v) is 10.7. The van der Waals surface area contributed by atoms with Gasteiger partial charge in [-0.25, -0.2) is 8.42 Å². The van der Waals surface area contributed by atoms with E-state index in [1.807, 2.05) is 18.5 Å². The molecule has 0 radical (unpaired) electrons. The minimum atomic E-state index is -3.46. The van der Waals surface area contributed by atoms with Gasteiger partial charge in [-0.3, -0.25) is 9.58 Å². The van der Waals surface area contributed by atoms with Crippen molar-refractivity contribution >= 4 is 10.0 Å². The van der Waals surface area contributed by atoms with Crippen molar-refractivity contribution in [3.63, 3.8) is 0 Å². The first-order valence-corrected chi connectivity index (χ1v) is 12.7. The molecule has 2 aliphatic heterocycles. The molecule has 4 rings (SSSR count). The molecule has 1 aromatic carbocycles. The third kappa shape index (κ3) is 4.63. The Kier molecular flexibility index (Phi) is 6.60. The fraction of sp³-hybridized carbons (Fsp3) is 0.609. The molecule has 1 aromatic heterocycles. The highest BCUT2D eigenvalue weighted by Gasteiger charge is 2.32. The number of hydrogen-bond donors (Lipinski definition) is 0. The number of aromatic nitrogens is 2. The van der Waals surface area contributed by atoms with E-state index >= 15 is 0 Å². The molecular weight excluding hydrogens is 396 g/mol. The Morgan fingerprint density at radius 3 is 2.30 bits per heavy atom. The lowest BCUT2D eigenvalue weighted by Crippen LogP contribution is -2.37. The van der Waals surface area contributed by atoms with Gasteiger partial charge in [-0.05, 0) is 57.4 Å². The van der Waals surface area contributed by atoms with Crippen molar-refractivity contribution in [2.24, 2.45) is 5.92 Å². The van der Waals surface area contributed by atoms with Gasteiger partial charge >= 0.3 is 0 Å². The van der Waals surface area contributed by atoms with E-state index < -0.39 is 10.0 Å². The van der Waals surface area contributed by atoms with E-state index in [-0.39, 0.29) is 0 Å².